The van der Waals surface area contributed by atoms with E-state index >= 15 is 0 Å². The largest absolute Gasteiger partial charge is 0.361 e. The number of aromatic nitrogens is 1. The molecule has 2 aromatic carbocycles. The maximum Gasteiger partial charge on any atom is 0.245 e. The number of nitrogens with one attached hydrogen (secondary N) is 3. The fraction of sp³-hybridized carbons (Fsp3) is 0.333. The predicted molar refractivity (Wildman–Crippen MR) is 144 cm³/mol. The summed E-state index contributed by atoms with van der Waals surface area (Å²) in [6.07, 6.45) is 5.94. The molecule has 198 valence electrons. The van der Waals surface area contributed by atoms with Gasteiger partial charge in [-0.1, -0.05) is 13.5 Å². The van der Waals surface area contributed by atoms with Crippen LogP contribution in [0.15, 0.2) is 53.1 Å². The molecule has 37 heavy (non-hydrogen) atoms. The molecule has 0 spiro atoms. The zero-order valence-electron chi connectivity index (χ0n) is 19.7. The summed E-state index contributed by atoms with van der Waals surface area (Å²) in [6.45, 7) is 1.27. The number of carbonyl (C=O) groups excluding carboxylic acids is 2. The van der Waals surface area contributed by atoms with Crippen LogP contribution in [0.4, 0.5) is 8.78 Å². The Morgan fingerprint density at radius 1 is 1.19 bits per heavy atom. The van der Waals surface area contributed by atoms with Crippen molar-refractivity contribution in [2.45, 2.75) is 32.2 Å². The third-order valence-electron chi connectivity index (χ3n) is 6.41. The van der Waals surface area contributed by atoms with Crippen molar-refractivity contribution in [2.24, 2.45) is 0 Å². The summed E-state index contributed by atoms with van der Waals surface area (Å²) in [7, 11) is 1.57. The first kappa shape index (κ1) is 28.5. The lowest BCUT2D eigenvalue weighted by molar-refractivity contribution is -0.161. The highest BCUT2D eigenvalue weighted by atomic mass is 79.9. The van der Waals surface area contributed by atoms with Gasteiger partial charge in [0.1, 0.15) is 17.2 Å². The highest BCUT2D eigenvalue weighted by molar-refractivity contribution is 9.10. The molecule has 0 saturated carbocycles. The van der Waals surface area contributed by atoms with Crippen LogP contribution in [-0.4, -0.2) is 54.1 Å². The molecule has 3 aromatic rings. The lowest BCUT2D eigenvalue weighted by Crippen LogP contribution is -2.63. The van der Waals surface area contributed by atoms with Crippen molar-refractivity contribution in [2.75, 3.05) is 26.7 Å². The first-order valence-electron chi connectivity index (χ1n) is 11.6. The number of rotatable bonds is 8. The van der Waals surface area contributed by atoms with Crippen LogP contribution in [0.1, 0.15) is 31.4 Å². The van der Waals surface area contributed by atoms with Crippen molar-refractivity contribution in [3.05, 3.63) is 75.9 Å². The maximum absolute atomic E-state index is 13.7. The molecule has 10 heteroatoms. The number of fused-ring (bicyclic) bond motifs is 1. The average molecular weight is 577 g/mol. The summed E-state index contributed by atoms with van der Waals surface area (Å²) in [5.41, 5.74) is 1.26. The zero-order valence-corrected chi connectivity index (χ0v) is 21.3. The number of carbonyl (C=O) groups is 2. The summed E-state index contributed by atoms with van der Waals surface area (Å²) >= 11 is 3.13. The van der Waals surface area contributed by atoms with Crippen molar-refractivity contribution in [3.8, 4) is 0 Å². The van der Waals surface area contributed by atoms with Crippen molar-refractivity contribution in [1.29, 1.82) is 0 Å². The molecule has 0 radical (unpaired) electrons. The molecular weight excluding hydrogens is 546 g/mol. The van der Waals surface area contributed by atoms with Gasteiger partial charge < -0.3 is 20.5 Å². The normalized spacial score (nSPS) is 15.5. The van der Waals surface area contributed by atoms with Crippen LogP contribution in [-0.2, 0) is 20.8 Å². The molecule has 1 aliphatic heterocycles. The smallest absolute Gasteiger partial charge is 0.245 e. The van der Waals surface area contributed by atoms with Crippen molar-refractivity contribution in [3.63, 3.8) is 0 Å². The van der Waals surface area contributed by atoms with Gasteiger partial charge in [0, 0.05) is 42.8 Å². The van der Waals surface area contributed by atoms with Crippen LogP contribution < -0.4 is 10.6 Å². The number of nitrogens with zero attached hydrogens (tertiary/aromatic N) is 1. The van der Waals surface area contributed by atoms with E-state index in [4.69, 9.17) is 4.84 Å². The first-order valence-corrected chi connectivity index (χ1v) is 12.4. The molecule has 3 N–H and O–H groups in total. The molecular formula is C27H31BrF2N4O3. The van der Waals surface area contributed by atoms with Gasteiger partial charge in [0.2, 0.25) is 11.8 Å². The highest BCUT2D eigenvalue weighted by Crippen LogP contribution is 2.24. The molecule has 0 atom stereocenters. The van der Waals surface area contributed by atoms with E-state index < -0.39 is 17.3 Å². The van der Waals surface area contributed by atoms with Crippen molar-refractivity contribution >= 4 is 44.7 Å². The quantitative estimate of drug-likeness (QED) is 0.338. The third-order valence-corrected chi connectivity index (χ3v) is 7.02. The van der Waals surface area contributed by atoms with Gasteiger partial charge in [0.25, 0.3) is 0 Å². The second-order valence-electron chi connectivity index (χ2n) is 8.70. The van der Waals surface area contributed by atoms with E-state index in [1.165, 1.54) is 24.3 Å². The number of halogens is 3. The number of benzene rings is 2. The van der Waals surface area contributed by atoms with Gasteiger partial charge in [-0.25, -0.2) is 8.78 Å². The minimum atomic E-state index is -1.11. The van der Waals surface area contributed by atoms with Crippen LogP contribution in [0.2, 0.25) is 0 Å². The number of hydrogen-bond acceptors (Lipinski definition) is 4. The van der Waals surface area contributed by atoms with E-state index in [1.54, 1.807) is 36.4 Å². The topological polar surface area (TPSA) is 86.5 Å². The molecule has 0 aliphatic carbocycles. The van der Waals surface area contributed by atoms with Gasteiger partial charge in [-0.2, -0.15) is 5.06 Å². The molecule has 2 amide bonds. The third kappa shape index (κ3) is 6.82. The molecule has 4 rings (SSSR count). The monoisotopic (exact) mass is 576 g/mol. The lowest BCUT2D eigenvalue weighted by Gasteiger charge is -2.39. The number of H-pyrrole nitrogens is 1. The van der Waals surface area contributed by atoms with Gasteiger partial charge in [0.15, 0.2) is 0 Å². The number of aromatic amines is 1. The SMILES string of the molecule is C.CON1CCC(NC(=O)/C=C/c2ccc(F)c(Br)c2)(C(=O)NCCc2c[nH]c3ccc(F)cc23)CC1. The van der Waals surface area contributed by atoms with E-state index in [0.29, 0.717) is 48.9 Å². The molecule has 0 unspecified atom stereocenters. The van der Waals surface area contributed by atoms with Gasteiger partial charge in [-0.3, -0.25) is 9.59 Å². The Labute approximate surface area is 223 Å². The summed E-state index contributed by atoms with van der Waals surface area (Å²) in [6, 6.07) is 8.97. The summed E-state index contributed by atoms with van der Waals surface area (Å²) < 4.78 is 27.4. The summed E-state index contributed by atoms with van der Waals surface area (Å²) in [5.74, 6) is -1.42. The number of hydrogen-bond donors (Lipinski definition) is 3. The fourth-order valence-corrected chi connectivity index (χ4v) is 4.76. The number of amides is 2. The van der Waals surface area contributed by atoms with Crippen LogP contribution in [0.3, 0.4) is 0 Å². The lowest BCUT2D eigenvalue weighted by atomic mass is 9.86. The molecule has 1 aromatic heterocycles. The van der Waals surface area contributed by atoms with Gasteiger partial charge >= 0.3 is 0 Å². The standard InChI is InChI=1S/C26H27BrF2N4O3.CH4/c1-36-33-12-9-26(10-13-33,32-24(34)7-3-17-2-5-22(29)21(27)14-17)25(35)30-11-8-18-16-31-23-6-4-19(28)15-20(18)23;/h2-7,14-16,31H,8-13H2,1H3,(H,30,35)(H,32,34);1H4/b7-3+;. The molecule has 1 saturated heterocycles. The molecule has 0 bridgehead atoms. The van der Waals surface area contributed by atoms with Crippen LogP contribution in [0, 0.1) is 11.6 Å². The molecule has 1 aliphatic rings. The minimum Gasteiger partial charge on any atom is -0.361 e. The summed E-state index contributed by atoms with van der Waals surface area (Å²) in [5, 5.41) is 8.35. The first-order chi connectivity index (χ1) is 17.3. The molecule has 1 fully saturated rings. The Hall–Kier alpha value is -3.08. The van der Waals surface area contributed by atoms with E-state index in [9.17, 15) is 18.4 Å². The van der Waals surface area contributed by atoms with Crippen LogP contribution in [0.5, 0.6) is 0 Å². The Kier molecular flexibility index (Phi) is 9.58. The van der Waals surface area contributed by atoms with E-state index in [-0.39, 0.29) is 19.2 Å². The van der Waals surface area contributed by atoms with E-state index in [2.05, 4.69) is 31.5 Å². The Bertz CT molecular complexity index is 1290. The van der Waals surface area contributed by atoms with Gasteiger partial charge in [-0.15, -0.1) is 0 Å². The second-order valence-corrected chi connectivity index (χ2v) is 9.55. The molecule has 2 heterocycles. The van der Waals surface area contributed by atoms with Crippen molar-refractivity contribution in [1.82, 2.24) is 20.7 Å². The highest BCUT2D eigenvalue weighted by Gasteiger charge is 2.42. The Balaban J connectivity index is 0.00000380. The van der Waals surface area contributed by atoms with Crippen LogP contribution >= 0.6 is 15.9 Å². The fourth-order valence-electron chi connectivity index (χ4n) is 4.36. The maximum atomic E-state index is 13.7. The van der Waals surface area contributed by atoms with Crippen LogP contribution in [0.25, 0.3) is 17.0 Å². The Morgan fingerprint density at radius 3 is 2.65 bits per heavy atom. The van der Waals surface area contributed by atoms with Gasteiger partial charge in [-0.05, 0) is 82.7 Å². The second kappa shape index (κ2) is 12.4. The van der Waals surface area contributed by atoms with Crippen molar-refractivity contribution < 1.29 is 23.2 Å². The minimum absolute atomic E-state index is 0. The van der Waals surface area contributed by atoms with E-state index in [0.717, 1.165) is 16.5 Å². The molecule has 7 nitrogen and oxygen atoms in total. The zero-order chi connectivity index (χ0) is 25.7. The predicted octanol–water partition coefficient (Wildman–Crippen LogP) is 4.73. The number of piperidine rings is 1. The number of hydroxylamine groups is 2. The average Bonchev–Trinajstić information content (AvgIpc) is 3.27. The van der Waals surface area contributed by atoms with E-state index in [1.807, 2.05) is 6.20 Å². The Morgan fingerprint density at radius 2 is 1.95 bits per heavy atom. The summed E-state index contributed by atoms with van der Waals surface area (Å²) in [4.78, 5) is 34.5. The van der Waals surface area contributed by atoms with Gasteiger partial charge in [0.05, 0.1) is 11.6 Å².